The summed E-state index contributed by atoms with van der Waals surface area (Å²) < 4.78 is 13.0. The number of nitrogens with one attached hydrogen (secondary N) is 1. The molecule has 2 amide bonds. The van der Waals surface area contributed by atoms with Crippen molar-refractivity contribution in [1.82, 2.24) is 10.2 Å². The van der Waals surface area contributed by atoms with Crippen molar-refractivity contribution in [3.05, 3.63) is 71.0 Å². The van der Waals surface area contributed by atoms with Gasteiger partial charge in [-0.1, -0.05) is 24.3 Å². The molecule has 1 aliphatic heterocycles. The third-order valence-corrected chi connectivity index (χ3v) is 4.86. The van der Waals surface area contributed by atoms with Gasteiger partial charge in [0.15, 0.2) is 0 Å². The summed E-state index contributed by atoms with van der Waals surface area (Å²) in [6.07, 6.45) is 2.13. The maximum absolute atomic E-state index is 13.0. The number of halogens is 1. The lowest BCUT2D eigenvalue weighted by atomic mass is 9.99. The van der Waals surface area contributed by atoms with Crippen LogP contribution in [0.1, 0.15) is 27.9 Å². The van der Waals surface area contributed by atoms with Crippen molar-refractivity contribution in [2.45, 2.75) is 19.3 Å². The van der Waals surface area contributed by atoms with Gasteiger partial charge in [-0.05, 0) is 54.2 Å². The number of nitrogens with zero attached hydrogens (tertiary/aromatic N) is 1. The summed E-state index contributed by atoms with van der Waals surface area (Å²) in [6, 6.07) is 13.8. The summed E-state index contributed by atoms with van der Waals surface area (Å²) in [5, 5.41) is 2.59. The maximum Gasteiger partial charge on any atom is 0.253 e. The Hall–Kier alpha value is -2.69. The molecule has 0 aliphatic carbocycles. The molecule has 0 radical (unpaired) electrons. The Morgan fingerprint density at radius 3 is 2.38 bits per heavy atom. The molecule has 1 aliphatic rings. The van der Waals surface area contributed by atoms with Gasteiger partial charge in [-0.15, -0.1) is 0 Å². The number of likely N-dealkylation sites (N-methyl/N-ethyl adjacent to an activating group) is 1. The van der Waals surface area contributed by atoms with Crippen LogP contribution in [0.3, 0.4) is 0 Å². The fraction of sp³-hybridized carbons (Fsp3) is 0.333. The van der Waals surface area contributed by atoms with Gasteiger partial charge < -0.3 is 10.2 Å². The molecule has 136 valence electrons. The zero-order valence-corrected chi connectivity index (χ0v) is 14.9. The highest BCUT2D eigenvalue weighted by Gasteiger charge is 2.27. The average Bonchev–Trinajstić information content (AvgIpc) is 3.12. The molecule has 4 nitrogen and oxygen atoms in total. The quantitative estimate of drug-likeness (QED) is 0.898. The standard InChI is InChI=1S/C21H23FN2O2/c1-23-20(25)13-16-2-6-18(7-3-16)21(26)24-11-10-17(14-24)12-15-4-8-19(22)9-5-15/h2-9,17H,10-14H2,1H3,(H,23,25). The highest BCUT2D eigenvalue weighted by atomic mass is 19.1. The normalized spacial score (nSPS) is 16.5. The van der Waals surface area contributed by atoms with Crippen LogP contribution >= 0.6 is 0 Å². The van der Waals surface area contributed by atoms with Crippen molar-refractivity contribution in [1.29, 1.82) is 0 Å². The van der Waals surface area contributed by atoms with Crippen LogP contribution in [0.25, 0.3) is 0 Å². The molecule has 1 heterocycles. The molecular formula is C21H23FN2O2. The highest BCUT2D eigenvalue weighted by Crippen LogP contribution is 2.23. The van der Waals surface area contributed by atoms with Crippen LogP contribution < -0.4 is 5.32 Å². The lowest BCUT2D eigenvalue weighted by Gasteiger charge is -2.17. The van der Waals surface area contributed by atoms with Gasteiger partial charge in [0.25, 0.3) is 5.91 Å². The molecule has 0 saturated carbocycles. The summed E-state index contributed by atoms with van der Waals surface area (Å²) in [5.41, 5.74) is 2.63. The van der Waals surface area contributed by atoms with Gasteiger partial charge in [0, 0.05) is 25.7 Å². The number of hydrogen-bond acceptors (Lipinski definition) is 2. The van der Waals surface area contributed by atoms with Gasteiger partial charge in [0.2, 0.25) is 5.91 Å². The predicted octanol–water partition coefficient (Wildman–Crippen LogP) is 2.82. The molecule has 1 fully saturated rings. The SMILES string of the molecule is CNC(=O)Cc1ccc(C(=O)N2CCC(Cc3ccc(F)cc3)C2)cc1. The number of amides is 2. The van der Waals surface area contributed by atoms with E-state index in [1.54, 1.807) is 19.2 Å². The fourth-order valence-corrected chi connectivity index (χ4v) is 3.36. The zero-order chi connectivity index (χ0) is 18.5. The molecule has 2 aromatic rings. The van der Waals surface area contributed by atoms with E-state index in [9.17, 15) is 14.0 Å². The number of hydrogen-bond donors (Lipinski definition) is 1. The lowest BCUT2D eigenvalue weighted by molar-refractivity contribution is -0.119. The Labute approximate surface area is 153 Å². The maximum atomic E-state index is 13.0. The molecule has 1 unspecified atom stereocenters. The highest BCUT2D eigenvalue weighted by molar-refractivity contribution is 5.94. The summed E-state index contributed by atoms with van der Waals surface area (Å²) >= 11 is 0. The van der Waals surface area contributed by atoms with Gasteiger partial charge in [-0.3, -0.25) is 9.59 Å². The molecular weight excluding hydrogens is 331 g/mol. The van der Waals surface area contributed by atoms with Gasteiger partial charge in [0.05, 0.1) is 6.42 Å². The Kier molecular flexibility index (Phi) is 5.66. The van der Waals surface area contributed by atoms with E-state index >= 15 is 0 Å². The van der Waals surface area contributed by atoms with Crippen molar-refractivity contribution in [3.8, 4) is 0 Å². The summed E-state index contributed by atoms with van der Waals surface area (Å²) in [6.45, 7) is 1.46. The molecule has 1 saturated heterocycles. The first-order chi connectivity index (χ1) is 12.5. The first-order valence-electron chi connectivity index (χ1n) is 8.88. The Morgan fingerprint density at radius 2 is 1.73 bits per heavy atom. The van der Waals surface area contributed by atoms with E-state index in [4.69, 9.17) is 0 Å². The van der Waals surface area contributed by atoms with Crippen LogP contribution in [0.2, 0.25) is 0 Å². The molecule has 0 aromatic heterocycles. The molecule has 0 bridgehead atoms. The summed E-state index contributed by atoms with van der Waals surface area (Å²) in [7, 11) is 1.61. The van der Waals surface area contributed by atoms with Crippen LogP contribution in [-0.4, -0.2) is 36.9 Å². The molecule has 3 rings (SSSR count). The number of benzene rings is 2. The number of carbonyl (C=O) groups excluding carboxylic acids is 2. The molecule has 2 aromatic carbocycles. The molecule has 1 N–H and O–H groups in total. The van der Waals surface area contributed by atoms with Gasteiger partial charge >= 0.3 is 0 Å². The fourth-order valence-electron chi connectivity index (χ4n) is 3.36. The van der Waals surface area contributed by atoms with Crippen LogP contribution in [0.15, 0.2) is 48.5 Å². The minimum atomic E-state index is -0.225. The van der Waals surface area contributed by atoms with Crippen molar-refractivity contribution >= 4 is 11.8 Å². The minimum Gasteiger partial charge on any atom is -0.359 e. The Bertz CT molecular complexity index is 772. The van der Waals surface area contributed by atoms with Crippen molar-refractivity contribution in [3.63, 3.8) is 0 Å². The van der Waals surface area contributed by atoms with E-state index in [0.717, 1.165) is 37.1 Å². The van der Waals surface area contributed by atoms with Crippen molar-refractivity contribution in [2.75, 3.05) is 20.1 Å². The molecule has 1 atom stereocenters. The van der Waals surface area contributed by atoms with Gasteiger partial charge in [-0.25, -0.2) is 4.39 Å². The van der Waals surface area contributed by atoms with Crippen molar-refractivity contribution < 1.29 is 14.0 Å². The number of rotatable bonds is 5. The lowest BCUT2D eigenvalue weighted by Crippen LogP contribution is -2.29. The van der Waals surface area contributed by atoms with E-state index in [0.29, 0.717) is 17.9 Å². The van der Waals surface area contributed by atoms with E-state index in [-0.39, 0.29) is 17.6 Å². The molecule has 0 spiro atoms. The van der Waals surface area contributed by atoms with Gasteiger partial charge in [-0.2, -0.15) is 0 Å². The van der Waals surface area contributed by atoms with E-state index in [2.05, 4.69) is 5.32 Å². The second kappa shape index (κ2) is 8.13. The van der Waals surface area contributed by atoms with Crippen LogP contribution in [0.4, 0.5) is 4.39 Å². The smallest absolute Gasteiger partial charge is 0.253 e. The van der Waals surface area contributed by atoms with Crippen LogP contribution in [0, 0.1) is 11.7 Å². The molecule has 26 heavy (non-hydrogen) atoms. The third kappa shape index (κ3) is 4.48. The largest absolute Gasteiger partial charge is 0.359 e. The van der Waals surface area contributed by atoms with E-state index in [1.807, 2.05) is 29.2 Å². The number of likely N-dealkylation sites (tertiary alicyclic amines) is 1. The predicted molar refractivity (Wildman–Crippen MR) is 98.3 cm³/mol. The van der Waals surface area contributed by atoms with Crippen LogP contribution in [-0.2, 0) is 17.6 Å². The Balaban J connectivity index is 1.57. The summed E-state index contributed by atoms with van der Waals surface area (Å²) in [5.74, 6) is 0.152. The first-order valence-corrected chi connectivity index (χ1v) is 8.88. The molecule has 5 heteroatoms. The summed E-state index contributed by atoms with van der Waals surface area (Å²) in [4.78, 5) is 26.0. The van der Waals surface area contributed by atoms with Crippen LogP contribution in [0.5, 0.6) is 0 Å². The van der Waals surface area contributed by atoms with Crippen molar-refractivity contribution in [2.24, 2.45) is 5.92 Å². The zero-order valence-electron chi connectivity index (χ0n) is 14.9. The second-order valence-corrected chi connectivity index (χ2v) is 6.78. The third-order valence-electron chi connectivity index (χ3n) is 4.86. The Morgan fingerprint density at radius 1 is 1.08 bits per heavy atom. The average molecular weight is 354 g/mol. The van der Waals surface area contributed by atoms with E-state index < -0.39 is 0 Å². The monoisotopic (exact) mass is 354 g/mol. The van der Waals surface area contributed by atoms with Gasteiger partial charge in [0.1, 0.15) is 5.82 Å². The number of carbonyl (C=O) groups is 2. The topological polar surface area (TPSA) is 49.4 Å². The second-order valence-electron chi connectivity index (χ2n) is 6.78. The minimum absolute atomic E-state index is 0.0260. The van der Waals surface area contributed by atoms with E-state index in [1.165, 1.54) is 12.1 Å². The first kappa shape index (κ1) is 18.1.